The van der Waals surface area contributed by atoms with Crippen LogP contribution < -0.4 is 15.1 Å². The molecule has 3 heterocycles. The molecule has 1 spiro atoms. The summed E-state index contributed by atoms with van der Waals surface area (Å²) in [5.74, 6) is -3.44. The second kappa shape index (κ2) is 17.7. The second-order valence-corrected chi connectivity index (χ2v) is 14.7. The minimum atomic E-state index is -1.29. The van der Waals surface area contributed by atoms with E-state index in [9.17, 15) is 24.3 Å². The number of carbonyl (C=O) groups is 4. The number of alkyl halides is 1. The van der Waals surface area contributed by atoms with E-state index in [4.69, 9.17) is 9.47 Å². The zero-order valence-corrected chi connectivity index (χ0v) is 31.7. The van der Waals surface area contributed by atoms with E-state index in [0.717, 1.165) is 18.8 Å². The monoisotopic (exact) mass is 778 g/mol. The quantitative estimate of drug-likeness (QED) is 0.0889. The summed E-state index contributed by atoms with van der Waals surface area (Å²) in [6, 6.07) is 15.9. The molecular weight excluding hydrogens is 728 g/mol. The molecule has 280 valence electrons. The molecule has 3 aliphatic heterocycles. The number of fused-ring (bicyclic) bond motifs is 1. The Morgan fingerprint density at radius 3 is 2.40 bits per heavy atom. The van der Waals surface area contributed by atoms with Gasteiger partial charge in [0.05, 0.1) is 24.5 Å². The number of allylic oxidation sites excluding steroid dienone is 1. The van der Waals surface area contributed by atoms with Gasteiger partial charge in [0.2, 0.25) is 11.8 Å². The maximum Gasteiger partial charge on any atom is 0.313 e. The van der Waals surface area contributed by atoms with Gasteiger partial charge in [0, 0.05) is 55.4 Å². The lowest BCUT2D eigenvalue weighted by molar-refractivity contribution is -0.160. The SMILES string of the molecule is C=CCCC(=O)NC[C@H](OC(=O)[C@@H]1[C@H]2O[C@@]3(CC2Br)[C@H](C(=O)N(CC=C)c2ccc(N(CC)CC)cc2)N(CCCCO)C(=O)[C@@H]13)c1ccccc1. The molecule has 3 saturated heterocycles. The molecule has 2 N–H and O–H groups in total. The molecular formula is C40H51BrN4O7. The van der Waals surface area contributed by atoms with Crippen molar-refractivity contribution in [3.8, 4) is 0 Å². The number of nitrogens with one attached hydrogen (secondary N) is 1. The average Bonchev–Trinajstić information content (AvgIpc) is 3.75. The smallest absolute Gasteiger partial charge is 0.313 e. The van der Waals surface area contributed by atoms with Crippen LogP contribution in [0.25, 0.3) is 0 Å². The number of aliphatic hydroxyl groups excluding tert-OH is 1. The number of rotatable bonds is 19. The topological polar surface area (TPSA) is 129 Å². The number of likely N-dealkylation sites (tertiary alicyclic amines) is 1. The minimum Gasteiger partial charge on any atom is -0.455 e. The number of esters is 1. The Labute approximate surface area is 315 Å². The Kier molecular flexibility index (Phi) is 13.3. The van der Waals surface area contributed by atoms with Crippen LogP contribution in [-0.2, 0) is 28.7 Å². The number of amides is 3. The molecule has 0 aliphatic carbocycles. The number of benzene rings is 2. The summed E-state index contributed by atoms with van der Waals surface area (Å²) in [5.41, 5.74) is 1.09. The molecule has 2 aromatic carbocycles. The van der Waals surface area contributed by atoms with Gasteiger partial charge in [-0.15, -0.1) is 13.2 Å². The summed E-state index contributed by atoms with van der Waals surface area (Å²) in [5, 5.41) is 12.4. The van der Waals surface area contributed by atoms with Crippen LogP contribution in [0.5, 0.6) is 0 Å². The molecule has 52 heavy (non-hydrogen) atoms. The molecule has 3 amide bonds. The highest BCUT2D eigenvalue weighted by atomic mass is 79.9. The van der Waals surface area contributed by atoms with Gasteiger partial charge in [0.25, 0.3) is 5.91 Å². The first-order chi connectivity index (χ1) is 25.1. The lowest BCUT2D eigenvalue weighted by atomic mass is 9.70. The van der Waals surface area contributed by atoms with Crippen LogP contribution in [0.4, 0.5) is 11.4 Å². The van der Waals surface area contributed by atoms with Gasteiger partial charge in [-0.05, 0) is 69.4 Å². The molecule has 0 saturated carbocycles. The number of ether oxygens (including phenoxy) is 2. The standard InChI is InChI=1S/C40H51BrN4O7/c1-5-9-17-32(47)42-26-31(27-15-11-10-12-16-27)51-39(50)33-34-37(48)45(23-13-14-24-46)36(40(34)25-30(41)35(33)52-40)38(49)44(22-6-2)29-20-18-28(19-21-29)43(7-3)8-4/h5-6,10-12,15-16,18-21,30-31,33-36,46H,1-2,7-9,13-14,17,22-26H2,3-4H3,(H,42,47)/t30?,31-,33-,34+,35-,36-,40+/m0/s1. The van der Waals surface area contributed by atoms with Crippen LogP contribution in [0, 0.1) is 11.8 Å². The number of hydrogen-bond acceptors (Lipinski definition) is 8. The molecule has 12 heteroatoms. The summed E-state index contributed by atoms with van der Waals surface area (Å²) in [6.45, 7) is 13.8. The van der Waals surface area contributed by atoms with Crippen LogP contribution in [0.1, 0.15) is 57.6 Å². The van der Waals surface area contributed by atoms with Gasteiger partial charge in [-0.1, -0.05) is 58.4 Å². The highest BCUT2D eigenvalue weighted by Gasteiger charge is 2.77. The van der Waals surface area contributed by atoms with Crippen molar-refractivity contribution in [1.29, 1.82) is 0 Å². The van der Waals surface area contributed by atoms with Gasteiger partial charge in [0.1, 0.15) is 17.7 Å². The first-order valence-electron chi connectivity index (χ1n) is 18.3. The van der Waals surface area contributed by atoms with E-state index < -0.39 is 41.7 Å². The molecule has 3 aliphatic rings. The first kappa shape index (κ1) is 39.2. The summed E-state index contributed by atoms with van der Waals surface area (Å²) < 4.78 is 12.9. The van der Waals surface area contributed by atoms with Gasteiger partial charge in [0.15, 0.2) is 0 Å². The molecule has 5 rings (SSSR count). The Balaban J connectivity index is 1.47. The van der Waals surface area contributed by atoms with Crippen molar-refractivity contribution in [2.24, 2.45) is 11.8 Å². The largest absolute Gasteiger partial charge is 0.455 e. The van der Waals surface area contributed by atoms with Crippen molar-refractivity contribution in [3.63, 3.8) is 0 Å². The van der Waals surface area contributed by atoms with Crippen molar-refractivity contribution in [3.05, 3.63) is 85.5 Å². The van der Waals surface area contributed by atoms with Crippen molar-refractivity contribution in [2.45, 2.75) is 74.6 Å². The third kappa shape index (κ3) is 7.84. The predicted molar refractivity (Wildman–Crippen MR) is 204 cm³/mol. The summed E-state index contributed by atoms with van der Waals surface area (Å²) in [6.07, 6.45) is 3.81. The molecule has 1 unspecified atom stereocenters. The van der Waals surface area contributed by atoms with Gasteiger partial charge in [-0.3, -0.25) is 19.2 Å². The van der Waals surface area contributed by atoms with E-state index in [1.807, 2.05) is 54.6 Å². The lowest BCUT2D eigenvalue weighted by Gasteiger charge is -2.37. The fraction of sp³-hybridized carbons (Fsp3) is 0.500. The van der Waals surface area contributed by atoms with Crippen LogP contribution in [0.2, 0.25) is 0 Å². The van der Waals surface area contributed by atoms with Crippen LogP contribution in [0.3, 0.4) is 0 Å². The second-order valence-electron chi connectivity index (χ2n) is 13.5. The number of anilines is 2. The Morgan fingerprint density at radius 2 is 1.77 bits per heavy atom. The first-order valence-corrected chi connectivity index (χ1v) is 19.2. The normalized spacial score (nSPS) is 25.0. The third-order valence-corrected chi connectivity index (χ3v) is 11.3. The maximum atomic E-state index is 14.9. The van der Waals surface area contributed by atoms with E-state index in [2.05, 4.69) is 53.2 Å². The molecule has 0 aromatic heterocycles. The van der Waals surface area contributed by atoms with E-state index in [1.54, 1.807) is 22.0 Å². The Bertz CT molecular complexity index is 1590. The van der Waals surface area contributed by atoms with Crippen molar-refractivity contribution in [1.82, 2.24) is 10.2 Å². The fourth-order valence-electron chi connectivity index (χ4n) is 7.99. The summed E-state index contributed by atoms with van der Waals surface area (Å²) in [4.78, 5) is 61.4. The highest BCUT2D eigenvalue weighted by molar-refractivity contribution is 9.09. The third-order valence-electron chi connectivity index (χ3n) is 10.5. The predicted octanol–water partition coefficient (Wildman–Crippen LogP) is 4.94. The van der Waals surface area contributed by atoms with Gasteiger partial charge in [-0.25, -0.2) is 0 Å². The number of hydrogen-bond donors (Lipinski definition) is 2. The summed E-state index contributed by atoms with van der Waals surface area (Å²) in [7, 11) is 0. The number of carbonyl (C=O) groups excluding carboxylic acids is 4. The highest BCUT2D eigenvalue weighted by Crippen LogP contribution is 2.60. The lowest BCUT2D eigenvalue weighted by Crippen LogP contribution is -2.57. The van der Waals surface area contributed by atoms with Gasteiger partial charge in [-0.2, -0.15) is 0 Å². The molecule has 11 nitrogen and oxygen atoms in total. The zero-order chi connectivity index (χ0) is 37.4. The van der Waals surface area contributed by atoms with Crippen molar-refractivity contribution >= 4 is 51.0 Å². The van der Waals surface area contributed by atoms with Crippen molar-refractivity contribution < 1.29 is 33.8 Å². The molecule has 2 aromatic rings. The Morgan fingerprint density at radius 1 is 1.08 bits per heavy atom. The van der Waals surface area contributed by atoms with Crippen LogP contribution in [0.15, 0.2) is 79.9 Å². The van der Waals surface area contributed by atoms with Crippen molar-refractivity contribution in [2.75, 3.05) is 49.1 Å². The van der Waals surface area contributed by atoms with E-state index in [-0.39, 0.29) is 55.2 Å². The zero-order valence-electron chi connectivity index (χ0n) is 30.1. The number of halogens is 1. The van der Waals surface area contributed by atoms with Crippen LogP contribution >= 0.6 is 15.9 Å². The van der Waals surface area contributed by atoms with Gasteiger partial charge < -0.3 is 34.6 Å². The summed E-state index contributed by atoms with van der Waals surface area (Å²) >= 11 is 3.74. The molecule has 3 fully saturated rings. The van der Waals surface area contributed by atoms with E-state index in [1.165, 1.54) is 0 Å². The fourth-order valence-corrected chi connectivity index (χ4v) is 8.93. The average molecular weight is 780 g/mol. The Hall–Kier alpha value is -4.00. The number of aliphatic hydroxyl groups is 1. The number of unbranched alkanes of at least 4 members (excludes halogenated alkanes) is 1. The van der Waals surface area contributed by atoms with E-state index in [0.29, 0.717) is 36.9 Å². The van der Waals surface area contributed by atoms with Gasteiger partial charge >= 0.3 is 5.97 Å². The molecule has 2 bridgehead atoms. The molecule has 0 radical (unpaired) electrons. The maximum absolute atomic E-state index is 14.9. The minimum absolute atomic E-state index is 0.0451. The van der Waals surface area contributed by atoms with Crippen LogP contribution in [-0.4, -0.2) is 95.6 Å². The molecule has 7 atom stereocenters. The number of nitrogens with zero attached hydrogens (tertiary/aromatic N) is 3. The van der Waals surface area contributed by atoms with E-state index >= 15 is 0 Å².